The third-order valence-corrected chi connectivity index (χ3v) is 8.55. The number of halogens is 2. The number of nitrogens with zero attached hydrogens (tertiary/aromatic N) is 4. The number of aryl methyl sites for hydroxylation is 1. The van der Waals surface area contributed by atoms with Crippen LogP contribution in [0, 0.1) is 18.6 Å². The summed E-state index contributed by atoms with van der Waals surface area (Å²) in [5.74, 6) is -1.50. The van der Waals surface area contributed by atoms with E-state index in [4.69, 9.17) is 9.84 Å². The lowest BCUT2D eigenvalue weighted by Gasteiger charge is -2.30. The fourth-order valence-corrected chi connectivity index (χ4v) is 6.42. The Bertz CT molecular complexity index is 1590. The Labute approximate surface area is 240 Å². The first-order chi connectivity index (χ1) is 19.9. The first-order valence-corrected chi connectivity index (χ1v) is 14.4. The van der Waals surface area contributed by atoms with Gasteiger partial charge in [-0.05, 0) is 25.1 Å². The molecule has 2 aliphatic rings. The van der Waals surface area contributed by atoms with Gasteiger partial charge in [0.25, 0.3) is 0 Å². The molecule has 7 nitrogen and oxygen atoms in total. The molecule has 0 saturated carbocycles. The summed E-state index contributed by atoms with van der Waals surface area (Å²) in [6, 6.07) is 20.6. The minimum atomic E-state index is -0.708. The monoisotopic (exact) mass is 574 g/mol. The molecule has 0 aliphatic carbocycles. The van der Waals surface area contributed by atoms with Crippen molar-refractivity contribution in [2.75, 3.05) is 43.5 Å². The number of aromatic nitrogens is 2. The highest BCUT2D eigenvalue weighted by molar-refractivity contribution is 8.00. The minimum absolute atomic E-state index is 0.00528. The maximum atomic E-state index is 15.4. The summed E-state index contributed by atoms with van der Waals surface area (Å²) >= 11 is 1.24. The molecule has 2 aliphatic heterocycles. The Morgan fingerprint density at radius 2 is 1.76 bits per heavy atom. The summed E-state index contributed by atoms with van der Waals surface area (Å²) in [6.45, 7) is 3.54. The van der Waals surface area contributed by atoms with Gasteiger partial charge >= 0.3 is 0 Å². The molecule has 1 atom stereocenters. The number of carbonyl (C=O) groups excluding carboxylic acids is 2. The van der Waals surface area contributed by atoms with E-state index in [-0.39, 0.29) is 29.7 Å². The topological polar surface area (TPSA) is 67.7 Å². The Morgan fingerprint density at radius 1 is 1.02 bits per heavy atom. The Hall–Kier alpha value is -4.02. The van der Waals surface area contributed by atoms with E-state index in [1.807, 2.05) is 61.5 Å². The summed E-state index contributed by atoms with van der Waals surface area (Å²) in [6.07, 6.45) is 0. The molecule has 0 N–H and O–H groups in total. The van der Waals surface area contributed by atoms with E-state index in [9.17, 15) is 14.0 Å². The molecular formula is C31H28F2N4O3S. The highest BCUT2D eigenvalue weighted by Gasteiger charge is 2.39. The summed E-state index contributed by atoms with van der Waals surface area (Å²) in [7, 11) is 0. The van der Waals surface area contributed by atoms with Crippen molar-refractivity contribution in [3.05, 3.63) is 101 Å². The predicted molar refractivity (Wildman–Crippen MR) is 154 cm³/mol. The molecule has 2 amide bonds. The van der Waals surface area contributed by atoms with Crippen LogP contribution in [0.25, 0.3) is 16.9 Å². The summed E-state index contributed by atoms with van der Waals surface area (Å²) in [5.41, 5.74) is 3.90. The van der Waals surface area contributed by atoms with E-state index in [0.717, 1.165) is 17.2 Å². The second kappa shape index (κ2) is 11.5. The van der Waals surface area contributed by atoms with Crippen LogP contribution < -0.4 is 4.90 Å². The largest absolute Gasteiger partial charge is 0.378 e. The van der Waals surface area contributed by atoms with Gasteiger partial charge in [-0.25, -0.2) is 13.5 Å². The number of hydrogen-bond acceptors (Lipinski definition) is 5. The first-order valence-electron chi connectivity index (χ1n) is 13.4. The average Bonchev–Trinajstić information content (AvgIpc) is 3.31. The first kappa shape index (κ1) is 27.2. The smallest absolute Gasteiger partial charge is 0.242 e. The Kier molecular flexibility index (Phi) is 7.59. The molecule has 1 aromatic heterocycles. The quantitative estimate of drug-likeness (QED) is 0.330. The Balaban J connectivity index is 1.59. The second-order valence-electron chi connectivity index (χ2n) is 10.0. The maximum Gasteiger partial charge on any atom is 0.242 e. The lowest BCUT2D eigenvalue weighted by molar-refractivity contribution is -0.134. The molecule has 41 heavy (non-hydrogen) atoms. The molecule has 0 bridgehead atoms. The molecule has 0 unspecified atom stereocenters. The van der Waals surface area contributed by atoms with Crippen molar-refractivity contribution in [1.82, 2.24) is 14.7 Å². The van der Waals surface area contributed by atoms with Crippen molar-refractivity contribution < 1.29 is 23.1 Å². The summed E-state index contributed by atoms with van der Waals surface area (Å²) in [4.78, 5) is 30.5. The lowest BCUT2D eigenvalue weighted by Crippen LogP contribution is -2.48. The van der Waals surface area contributed by atoms with E-state index in [1.54, 1.807) is 9.58 Å². The third-order valence-electron chi connectivity index (χ3n) is 7.32. The molecule has 3 heterocycles. The number of hydrogen-bond donors (Lipinski definition) is 0. The maximum absolute atomic E-state index is 15.4. The minimum Gasteiger partial charge on any atom is -0.378 e. The predicted octanol–water partition coefficient (Wildman–Crippen LogP) is 5.15. The van der Waals surface area contributed by atoms with Crippen molar-refractivity contribution in [1.29, 1.82) is 0 Å². The number of benzene rings is 3. The number of fused-ring (bicyclic) bond motifs is 1. The van der Waals surface area contributed by atoms with Gasteiger partial charge in [0.15, 0.2) is 0 Å². The number of anilines is 1. The van der Waals surface area contributed by atoms with Crippen LogP contribution in [-0.4, -0.2) is 65.1 Å². The third kappa shape index (κ3) is 5.37. The zero-order valence-corrected chi connectivity index (χ0v) is 23.2. The number of thioether (sulfide) groups is 1. The van der Waals surface area contributed by atoms with Crippen molar-refractivity contribution in [3.8, 4) is 16.9 Å². The van der Waals surface area contributed by atoms with Crippen LogP contribution in [0.15, 0.2) is 72.8 Å². The molecule has 0 radical (unpaired) electrons. The lowest BCUT2D eigenvalue weighted by atomic mass is 9.99. The van der Waals surface area contributed by atoms with Gasteiger partial charge in [-0.15, -0.1) is 11.8 Å². The zero-order valence-electron chi connectivity index (χ0n) is 22.4. The summed E-state index contributed by atoms with van der Waals surface area (Å²) < 4.78 is 36.4. The van der Waals surface area contributed by atoms with Crippen LogP contribution in [0.1, 0.15) is 21.9 Å². The van der Waals surface area contributed by atoms with Crippen molar-refractivity contribution >= 4 is 29.4 Å². The van der Waals surface area contributed by atoms with Crippen LogP contribution in [-0.2, 0) is 14.3 Å². The van der Waals surface area contributed by atoms with Crippen LogP contribution >= 0.6 is 11.8 Å². The van der Waals surface area contributed by atoms with E-state index >= 15 is 4.39 Å². The number of carbonyl (C=O) groups is 2. The van der Waals surface area contributed by atoms with Gasteiger partial charge in [-0.2, -0.15) is 5.10 Å². The second-order valence-corrected chi connectivity index (χ2v) is 11.1. The molecule has 6 rings (SSSR count). The summed E-state index contributed by atoms with van der Waals surface area (Å²) in [5, 5.41) is 4.31. The highest BCUT2D eigenvalue weighted by atomic mass is 32.2. The molecule has 4 aromatic rings. The van der Waals surface area contributed by atoms with Crippen LogP contribution in [0.4, 0.5) is 14.6 Å². The number of amides is 2. The highest BCUT2D eigenvalue weighted by Crippen LogP contribution is 2.49. The van der Waals surface area contributed by atoms with E-state index in [1.165, 1.54) is 28.8 Å². The van der Waals surface area contributed by atoms with Gasteiger partial charge in [0.05, 0.1) is 35.6 Å². The fourth-order valence-electron chi connectivity index (χ4n) is 5.20. The molecule has 1 fully saturated rings. The molecular weight excluding hydrogens is 546 g/mol. The van der Waals surface area contributed by atoms with Crippen LogP contribution in [0.2, 0.25) is 0 Å². The standard InChI is InChI=1S/C31H28F2N4O3S/c1-20-7-10-23(11-8-20)37-31-28(29(34-37)21-5-3-2-4-6-21)30(24-12-9-22(32)17-25(24)33)41-19-27(39)36(31)18-26(38)35-13-15-40-16-14-35/h2-12,17,30H,13-16,18-19H2,1H3/t30-/m1/s1. The van der Waals surface area contributed by atoms with Crippen LogP contribution in [0.3, 0.4) is 0 Å². The Morgan fingerprint density at radius 3 is 2.46 bits per heavy atom. The molecule has 1 saturated heterocycles. The zero-order chi connectivity index (χ0) is 28.5. The molecule has 3 aromatic carbocycles. The average molecular weight is 575 g/mol. The van der Waals surface area contributed by atoms with E-state index in [2.05, 4.69) is 0 Å². The van der Waals surface area contributed by atoms with Gasteiger partial charge < -0.3 is 9.64 Å². The number of ether oxygens (including phenoxy) is 1. The normalized spacial score (nSPS) is 17.3. The van der Waals surface area contributed by atoms with Gasteiger partial charge in [0.2, 0.25) is 11.8 Å². The fraction of sp³-hybridized carbons (Fsp3) is 0.258. The molecule has 10 heteroatoms. The van der Waals surface area contributed by atoms with Crippen LogP contribution in [0.5, 0.6) is 0 Å². The van der Waals surface area contributed by atoms with Gasteiger partial charge in [-0.1, -0.05) is 54.1 Å². The van der Waals surface area contributed by atoms with Gasteiger partial charge in [0.1, 0.15) is 24.0 Å². The molecule has 210 valence electrons. The van der Waals surface area contributed by atoms with E-state index in [0.29, 0.717) is 49.1 Å². The van der Waals surface area contributed by atoms with Crippen molar-refractivity contribution in [2.24, 2.45) is 0 Å². The van der Waals surface area contributed by atoms with Gasteiger partial charge in [-0.3, -0.25) is 14.5 Å². The number of rotatable bonds is 5. The number of morpholine rings is 1. The molecule has 0 spiro atoms. The van der Waals surface area contributed by atoms with E-state index < -0.39 is 16.9 Å². The van der Waals surface area contributed by atoms with Gasteiger partial charge in [0, 0.05) is 35.8 Å². The SMILES string of the molecule is Cc1ccc(-n2nc(-c3ccccc3)c3c2N(CC(=O)N2CCOCC2)C(=O)CS[C@@H]3c2ccc(F)cc2F)cc1. The van der Waals surface area contributed by atoms with Crippen molar-refractivity contribution in [2.45, 2.75) is 12.2 Å². The van der Waals surface area contributed by atoms with Crippen molar-refractivity contribution in [3.63, 3.8) is 0 Å².